The molecule has 1 rings (SSSR count). The normalized spacial score (nSPS) is 20.1. The molecular formula is C13H26N2O2S. The average molecular weight is 274 g/mol. The van der Waals surface area contributed by atoms with Gasteiger partial charge in [0, 0.05) is 35.4 Å². The Morgan fingerprint density at radius 1 is 1.33 bits per heavy atom. The van der Waals surface area contributed by atoms with Crippen molar-refractivity contribution >= 4 is 16.8 Å². The number of rotatable bonds is 6. The summed E-state index contributed by atoms with van der Waals surface area (Å²) in [4.78, 5) is 11.6. The molecule has 2 amide bonds. The second-order valence-electron chi connectivity index (χ2n) is 5.33. The number of carbonyl (C=O) groups excluding carboxylic acids is 1. The molecule has 1 aliphatic rings. The van der Waals surface area contributed by atoms with E-state index in [4.69, 9.17) is 0 Å². The van der Waals surface area contributed by atoms with Crippen LogP contribution in [0.3, 0.4) is 0 Å². The molecular weight excluding hydrogens is 248 g/mol. The molecule has 0 unspecified atom stereocenters. The molecule has 0 aromatic heterocycles. The molecule has 0 heterocycles. The van der Waals surface area contributed by atoms with Crippen LogP contribution < -0.4 is 10.6 Å². The third kappa shape index (κ3) is 6.99. The second-order valence-corrected chi connectivity index (χ2v) is 6.81. The van der Waals surface area contributed by atoms with Crippen molar-refractivity contribution in [2.45, 2.75) is 51.5 Å². The van der Waals surface area contributed by atoms with Crippen molar-refractivity contribution < 1.29 is 9.00 Å². The fourth-order valence-corrected chi connectivity index (χ4v) is 3.32. The summed E-state index contributed by atoms with van der Waals surface area (Å²) in [5, 5.41) is 5.69. The van der Waals surface area contributed by atoms with Crippen molar-refractivity contribution in [1.82, 2.24) is 10.6 Å². The minimum Gasteiger partial charge on any atom is -0.338 e. The zero-order chi connectivity index (χ0) is 13.4. The van der Waals surface area contributed by atoms with E-state index in [0.717, 1.165) is 18.9 Å². The molecule has 1 fully saturated rings. The van der Waals surface area contributed by atoms with Gasteiger partial charge >= 0.3 is 6.03 Å². The van der Waals surface area contributed by atoms with Crippen LogP contribution in [0, 0.1) is 5.92 Å². The van der Waals surface area contributed by atoms with E-state index in [1.54, 1.807) is 6.26 Å². The minimum absolute atomic E-state index is 0.0366. The van der Waals surface area contributed by atoms with Crippen molar-refractivity contribution in [2.24, 2.45) is 5.92 Å². The van der Waals surface area contributed by atoms with E-state index in [9.17, 15) is 9.00 Å². The van der Waals surface area contributed by atoms with E-state index in [1.165, 1.54) is 32.1 Å². The van der Waals surface area contributed by atoms with Crippen LogP contribution in [0.15, 0.2) is 0 Å². The van der Waals surface area contributed by atoms with Crippen LogP contribution in [0.5, 0.6) is 0 Å². The summed E-state index contributed by atoms with van der Waals surface area (Å²) >= 11 is 0. The van der Waals surface area contributed by atoms with Gasteiger partial charge in [0.25, 0.3) is 0 Å². The SMILES string of the molecule is C[C@H](C[S@](C)=O)NC(=O)NCCC1CCCCC1. The molecule has 0 aromatic rings. The lowest BCUT2D eigenvalue weighted by Crippen LogP contribution is -2.43. The average Bonchev–Trinajstić information content (AvgIpc) is 2.29. The molecule has 0 aliphatic heterocycles. The monoisotopic (exact) mass is 274 g/mol. The molecule has 0 aromatic carbocycles. The molecule has 0 spiro atoms. The Balaban J connectivity index is 2.07. The van der Waals surface area contributed by atoms with Gasteiger partial charge in [-0.15, -0.1) is 0 Å². The van der Waals surface area contributed by atoms with Crippen molar-refractivity contribution in [3.8, 4) is 0 Å². The maximum atomic E-state index is 11.6. The van der Waals surface area contributed by atoms with Gasteiger partial charge in [0.1, 0.15) is 0 Å². The van der Waals surface area contributed by atoms with Gasteiger partial charge < -0.3 is 10.6 Å². The summed E-state index contributed by atoms with van der Waals surface area (Å²) in [5.41, 5.74) is 0. The fraction of sp³-hybridized carbons (Fsp3) is 0.923. The molecule has 0 bridgehead atoms. The predicted octanol–water partition coefficient (Wildman–Crippen LogP) is 2.02. The molecule has 0 radical (unpaired) electrons. The lowest BCUT2D eigenvalue weighted by atomic mass is 9.87. The van der Waals surface area contributed by atoms with Gasteiger partial charge in [0.2, 0.25) is 0 Å². The Kier molecular flexibility index (Phi) is 7.32. The summed E-state index contributed by atoms with van der Waals surface area (Å²) in [7, 11) is -0.864. The first-order chi connectivity index (χ1) is 8.58. The topological polar surface area (TPSA) is 58.2 Å². The van der Waals surface area contributed by atoms with Crippen molar-refractivity contribution in [2.75, 3.05) is 18.6 Å². The number of amides is 2. The second kappa shape index (κ2) is 8.51. The van der Waals surface area contributed by atoms with Gasteiger partial charge in [-0.25, -0.2) is 4.79 Å². The number of carbonyl (C=O) groups is 1. The van der Waals surface area contributed by atoms with E-state index in [0.29, 0.717) is 5.75 Å². The Bertz CT molecular complexity index is 278. The fourth-order valence-electron chi connectivity index (χ4n) is 2.53. The summed E-state index contributed by atoms with van der Waals surface area (Å²) in [6.07, 6.45) is 9.42. The van der Waals surface area contributed by atoms with Gasteiger partial charge in [-0.2, -0.15) is 0 Å². The number of nitrogens with one attached hydrogen (secondary N) is 2. The largest absolute Gasteiger partial charge is 0.338 e. The first-order valence-electron chi connectivity index (χ1n) is 6.92. The van der Waals surface area contributed by atoms with Crippen LogP contribution in [-0.4, -0.2) is 34.8 Å². The highest BCUT2D eigenvalue weighted by molar-refractivity contribution is 7.84. The first-order valence-corrected chi connectivity index (χ1v) is 8.65. The summed E-state index contributed by atoms with van der Waals surface area (Å²) < 4.78 is 11.0. The van der Waals surface area contributed by atoms with Crippen molar-refractivity contribution in [3.63, 3.8) is 0 Å². The Hall–Kier alpha value is -0.580. The van der Waals surface area contributed by atoms with Crippen molar-refractivity contribution in [1.29, 1.82) is 0 Å². The van der Waals surface area contributed by atoms with Gasteiger partial charge in [-0.3, -0.25) is 4.21 Å². The van der Waals surface area contributed by atoms with E-state index in [2.05, 4.69) is 10.6 Å². The molecule has 2 atom stereocenters. The van der Waals surface area contributed by atoms with Gasteiger partial charge in [-0.1, -0.05) is 32.1 Å². The van der Waals surface area contributed by atoms with Crippen LogP contribution in [0.4, 0.5) is 4.79 Å². The zero-order valence-corrected chi connectivity index (χ0v) is 12.4. The zero-order valence-electron chi connectivity index (χ0n) is 11.5. The third-order valence-electron chi connectivity index (χ3n) is 3.43. The summed E-state index contributed by atoms with van der Waals surface area (Å²) in [5.74, 6) is 1.30. The predicted molar refractivity (Wildman–Crippen MR) is 76.1 cm³/mol. The van der Waals surface area contributed by atoms with Crippen LogP contribution in [0.1, 0.15) is 45.4 Å². The maximum absolute atomic E-state index is 11.6. The molecule has 4 nitrogen and oxygen atoms in total. The smallest absolute Gasteiger partial charge is 0.315 e. The van der Waals surface area contributed by atoms with Crippen molar-refractivity contribution in [3.05, 3.63) is 0 Å². The molecule has 0 saturated heterocycles. The highest BCUT2D eigenvalue weighted by Crippen LogP contribution is 2.25. The molecule has 1 aliphatic carbocycles. The standard InChI is InChI=1S/C13H26N2O2S/c1-11(10-18(2)17)15-13(16)14-9-8-12-6-4-3-5-7-12/h11-12H,3-10H2,1-2H3,(H2,14,15,16)/t11-,18+/m1/s1. The van der Waals surface area contributed by atoms with Gasteiger partial charge in [-0.05, 0) is 19.3 Å². The van der Waals surface area contributed by atoms with Crippen LogP contribution in [0.2, 0.25) is 0 Å². The lowest BCUT2D eigenvalue weighted by molar-refractivity contribution is 0.236. The Morgan fingerprint density at radius 3 is 2.61 bits per heavy atom. The maximum Gasteiger partial charge on any atom is 0.315 e. The molecule has 2 N–H and O–H groups in total. The minimum atomic E-state index is -0.864. The highest BCUT2D eigenvalue weighted by atomic mass is 32.2. The molecule has 1 saturated carbocycles. The summed E-state index contributed by atoms with van der Waals surface area (Å²) in [6, 6.07) is -0.172. The lowest BCUT2D eigenvalue weighted by Gasteiger charge is -2.21. The Morgan fingerprint density at radius 2 is 2.00 bits per heavy atom. The molecule has 18 heavy (non-hydrogen) atoms. The summed E-state index contributed by atoms with van der Waals surface area (Å²) in [6.45, 7) is 2.63. The van der Waals surface area contributed by atoms with E-state index in [1.807, 2.05) is 6.92 Å². The number of hydrogen-bond acceptors (Lipinski definition) is 2. The number of urea groups is 1. The first kappa shape index (κ1) is 15.5. The van der Waals surface area contributed by atoms with E-state index in [-0.39, 0.29) is 12.1 Å². The van der Waals surface area contributed by atoms with Crippen LogP contribution in [0.25, 0.3) is 0 Å². The van der Waals surface area contributed by atoms with Gasteiger partial charge in [0.15, 0.2) is 0 Å². The van der Waals surface area contributed by atoms with Crippen LogP contribution in [-0.2, 0) is 10.8 Å². The third-order valence-corrected chi connectivity index (χ3v) is 4.39. The van der Waals surface area contributed by atoms with E-state index >= 15 is 0 Å². The molecule has 106 valence electrons. The Labute approximate surface area is 113 Å². The number of hydrogen-bond donors (Lipinski definition) is 2. The molecule has 5 heteroatoms. The van der Waals surface area contributed by atoms with E-state index < -0.39 is 10.8 Å². The highest BCUT2D eigenvalue weighted by Gasteiger charge is 2.13. The quantitative estimate of drug-likeness (QED) is 0.778. The van der Waals surface area contributed by atoms with Crippen LogP contribution >= 0.6 is 0 Å². The van der Waals surface area contributed by atoms with Gasteiger partial charge in [0.05, 0.1) is 0 Å².